The van der Waals surface area contributed by atoms with Crippen LogP contribution >= 0.6 is 24.8 Å². The molecule has 2 atom stereocenters. The number of hydrogen-bond acceptors (Lipinski definition) is 0. The summed E-state index contributed by atoms with van der Waals surface area (Å²) in [4.78, 5) is 0. The van der Waals surface area contributed by atoms with Gasteiger partial charge in [-0.3, -0.25) is 0 Å². The molecule has 0 saturated carbocycles. The first-order chi connectivity index (χ1) is 11.7. The summed E-state index contributed by atoms with van der Waals surface area (Å²) in [6, 6.07) is 18.1. The summed E-state index contributed by atoms with van der Waals surface area (Å²) >= 11 is -2.29. The molecule has 0 spiro atoms. The Hall–Kier alpha value is -0.400. The van der Waals surface area contributed by atoms with E-state index in [1.54, 1.807) is 11.1 Å². The van der Waals surface area contributed by atoms with E-state index in [0.717, 1.165) is 7.25 Å². The second kappa shape index (κ2) is 10.2. The second-order valence-corrected chi connectivity index (χ2v) is 30.0. The van der Waals surface area contributed by atoms with E-state index in [9.17, 15) is 0 Å². The third-order valence-corrected chi connectivity index (χ3v) is 30.5. The molecule has 2 unspecified atom stereocenters. The van der Waals surface area contributed by atoms with Crippen LogP contribution in [0.25, 0.3) is 12.2 Å². The van der Waals surface area contributed by atoms with E-state index in [4.69, 9.17) is 0 Å². The SMILES string of the molecule is CC.C[CH2][Zr]([SiH3])([CH]1C=Cc2ccccc21)[CH]1C=Cc2ccccc21.Cl.Cl. The molecule has 0 aromatic heterocycles. The fourth-order valence-corrected chi connectivity index (χ4v) is 20.8. The summed E-state index contributed by atoms with van der Waals surface area (Å²) in [6.45, 7) is 6.46. The molecule has 4 heteroatoms. The average Bonchev–Trinajstić information content (AvgIpc) is 3.27. The maximum atomic E-state index is 2.55. The van der Waals surface area contributed by atoms with Crippen molar-refractivity contribution in [3.8, 4) is 0 Å². The molecule has 0 amide bonds. The van der Waals surface area contributed by atoms with Gasteiger partial charge >= 0.3 is 140 Å². The predicted molar refractivity (Wildman–Crippen MR) is 123 cm³/mol. The minimum Gasteiger partial charge on any atom is -0.147 e. The molecule has 2 aromatic rings. The Bertz CT molecular complexity index is 724. The van der Waals surface area contributed by atoms with Gasteiger partial charge in [-0.1, -0.05) is 13.8 Å². The number of allylic oxidation sites excluding steroid dienone is 2. The number of benzene rings is 2. The molecule has 0 heterocycles. The van der Waals surface area contributed by atoms with Crippen LogP contribution in [-0.2, 0) is 19.4 Å². The van der Waals surface area contributed by atoms with Gasteiger partial charge in [0.25, 0.3) is 0 Å². The normalized spacial score (nSPS) is 20.7. The molecule has 2 aliphatic carbocycles. The quantitative estimate of drug-likeness (QED) is 0.451. The molecule has 0 aliphatic heterocycles. The van der Waals surface area contributed by atoms with Gasteiger partial charge < -0.3 is 0 Å². The zero-order valence-corrected chi connectivity index (χ0v) is 22.2. The van der Waals surface area contributed by atoms with Gasteiger partial charge in [-0.15, -0.1) is 24.8 Å². The monoisotopic (exact) mass is 482 g/mol. The number of hydrogen-bond donors (Lipinski definition) is 0. The van der Waals surface area contributed by atoms with Crippen LogP contribution < -0.4 is 0 Å². The van der Waals surface area contributed by atoms with Crippen molar-refractivity contribution in [2.24, 2.45) is 0 Å². The molecule has 2 aromatic carbocycles. The van der Waals surface area contributed by atoms with Gasteiger partial charge in [0.2, 0.25) is 0 Å². The number of halogens is 2. The van der Waals surface area contributed by atoms with Gasteiger partial charge in [0.15, 0.2) is 0 Å². The van der Waals surface area contributed by atoms with Crippen molar-refractivity contribution in [2.75, 3.05) is 0 Å². The number of fused-ring (bicyclic) bond motifs is 2. The van der Waals surface area contributed by atoms with Gasteiger partial charge in [-0.25, -0.2) is 0 Å². The van der Waals surface area contributed by atoms with Crippen LogP contribution in [0.4, 0.5) is 0 Å². The molecule has 0 fully saturated rings. The first-order valence-electron chi connectivity index (χ1n) is 9.28. The van der Waals surface area contributed by atoms with E-state index in [-0.39, 0.29) is 24.8 Å². The molecule has 0 bridgehead atoms. The average molecular weight is 485 g/mol. The smallest absolute Gasteiger partial charge is 0.147 e. The summed E-state index contributed by atoms with van der Waals surface area (Å²) in [5, 5.41) is 0. The van der Waals surface area contributed by atoms with Crippen LogP contribution in [0.1, 0.15) is 50.3 Å². The van der Waals surface area contributed by atoms with Gasteiger partial charge in [0.1, 0.15) is 0 Å². The molecule has 2 aliphatic rings. The van der Waals surface area contributed by atoms with Crippen molar-refractivity contribution in [1.82, 2.24) is 0 Å². The largest absolute Gasteiger partial charge is 0.147 e. The molecule has 4 rings (SSSR count). The Balaban J connectivity index is 0.000000818. The first-order valence-corrected chi connectivity index (χ1v) is 22.2. The van der Waals surface area contributed by atoms with Crippen LogP contribution in [0.5, 0.6) is 0 Å². The van der Waals surface area contributed by atoms with Gasteiger partial charge in [-0.05, 0) is 0 Å². The van der Waals surface area contributed by atoms with Gasteiger partial charge in [0, 0.05) is 0 Å². The topological polar surface area (TPSA) is 0 Å². The molecule has 0 nitrogen and oxygen atoms in total. The molecular weight excluding hydrogens is 454 g/mol. The summed E-state index contributed by atoms with van der Waals surface area (Å²) in [7, 11) is 1.40. The predicted octanol–water partition coefficient (Wildman–Crippen LogP) is 6.26. The third-order valence-electron chi connectivity index (χ3n) is 5.78. The minimum atomic E-state index is -2.29. The van der Waals surface area contributed by atoms with E-state index in [1.165, 1.54) is 22.6 Å². The van der Waals surface area contributed by atoms with Crippen molar-refractivity contribution in [1.29, 1.82) is 0 Å². The number of rotatable bonds is 3. The molecule has 26 heavy (non-hydrogen) atoms. The molecule has 0 N–H and O–H groups in total. The van der Waals surface area contributed by atoms with Crippen LogP contribution in [0.3, 0.4) is 0 Å². The maximum Gasteiger partial charge on any atom is -0.147 e. The van der Waals surface area contributed by atoms with E-state index in [0.29, 0.717) is 0 Å². The zero-order valence-electron chi connectivity index (χ0n) is 16.1. The summed E-state index contributed by atoms with van der Waals surface area (Å²) in [5.74, 6) is 0. The van der Waals surface area contributed by atoms with Gasteiger partial charge in [-0.2, -0.15) is 0 Å². The van der Waals surface area contributed by atoms with Crippen molar-refractivity contribution in [3.63, 3.8) is 0 Å². The van der Waals surface area contributed by atoms with Crippen LogP contribution in [0, 0.1) is 0 Å². The van der Waals surface area contributed by atoms with Crippen LogP contribution in [0.15, 0.2) is 60.7 Å². The second-order valence-electron chi connectivity index (χ2n) is 6.79. The van der Waals surface area contributed by atoms with Crippen molar-refractivity contribution < 1.29 is 19.4 Å². The molecular formula is C22H30Cl2SiZr. The zero-order chi connectivity index (χ0) is 17.2. The Morgan fingerprint density at radius 3 is 1.54 bits per heavy atom. The standard InChI is InChI=1S/2C9H7.C2H6.C2H5.2ClH.H3Si.Zr/c2*1-2-5-9-7-3-6-8(9)4-1;2*1-2;;;;/h2*1-7H;1-2H3;1H2,2H3;2*1H;1H3;. The molecule has 140 valence electrons. The molecule has 0 radical (unpaired) electrons. The summed E-state index contributed by atoms with van der Waals surface area (Å²) in [6.07, 6.45) is 9.85. The first kappa shape index (κ1) is 23.6. The Morgan fingerprint density at radius 2 is 1.15 bits per heavy atom. The summed E-state index contributed by atoms with van der Waals surface area (Å²) < 4.78 is 2.97. The Morgan fingerprint density at radius 1 is 0.769 bits per heavy atom. The van der Waals surface area contributed by atoms with Gasteiger partial charge in [0.05, 0.1) is 0 Å². The molecule has 0 saturated heterocycles. The Labute approximate surface area is 177 Å². The van der Waals surface area contributed by atoms with Crippen molar-refractivity contribution >= 4 is 44.3 Å². The fourth-order valence-electron chi connectivity index (χ4n) is 4.28. The van der Waals surface area contributed by atoms with E-state index >= 15 is 0 Å². The van der Waals surface area contributed by atoms with E-state index in [1.807, 2.05) is 13.8 Å². The Kier molecular flexibility index (Phi) is 9.30. The third kappa shape index (κ3) is 4.04. The van der Waals surface area contributed by atoms with Crippen molar-refractivity contribution in [2.45, 2.75) is 32.2 Å². The van der Waals surface area contributed by atoms with E-state index in [2.05, 4.69) is 79.8 Å². The van der Waals surface area contributed by atoms with Crippen molar-refractivity contribution in [3.05, 3.63) is 82.9 Å². The van der Waals surface area contributed by atoms with Crippen LogP contribution in [0.2, 0.25) is 4.13 Å². The minimum absolute atomic E-state index is 0. The van der Waals surface area contributed by atoms with Crippen LogP contribution in [-0.4, -0.2) is 7.37 Å². The summed E-state index contributed by atoms with van der Waals surface area (Å²) in [5.41, 5.74) is 6.17. The maximum absolute atomic E-state index is 2.55. The fraction of sp³-hybridized carbons (Fsp3) is 0.273. The van der Waals surface area contributed by atoms with E-state index < -0.39 is 19.4 Å².